The number of carbonyl (C=O) groups excluding carboxylic acids is 1. The summed E-state index contributed by atoms with van der Waals surface area (Å²) < 4.78 is 0. The van der Waals surface area contributed by atoms with Gasteiger partial charge in [-0.1, -0.05) is 37.1 Å². The Morgan fingerprint density at radius 2 is 1.87 bits per heavy atom. The molecule has 2 aliphatic rings. The molecule has 1 saturated carbocycles. The van der Waals surface area contributed by atoms with Crippen molar-refractivity contribution in [3.8, 4) is 0 Å². The molecule has 0 unspecified atom stereocenters. The van der Waals surface area contributed by atoms with Gasteiger partial charge in [-0.3, -0.25) is 4.79 Å². The molecule has 0 atom stereocenters. The fraction of sp³-hybridized carbons (Fsp3) is 0.385. The summed E-state index contributed by atoms with van der Waals surface area (Å²) in [7, 11) is 1.84. The van der Waals surface area contributed by atoms with Gasteiger partial charge in [0.15, 0.2) is 0 Å². The first-order valence-corrected chi connectivity index (χ1v) is 10.9. The van der Waals surface area contributed by atoms with Crippen molar-refractivity contribution in [1.29, 1.82) is 5.41 Å². The second-order valence-electron chi connectivity index (χ2n) is 8.59. The highest BCUT2D eigenvalue weighted by Gasteiger charge is 2.35. The SMILES string of the molecule is CN/C=C(\C=N)c1ccc(Cc2cc3c(c(C)c2C)CN(C2CCCC2)C3=O)cc1. The standard InChI is InChI=1S/C26H31N3O/c1-17-18(2)25-16-29(23-6-4-5-7-23)26(30)24(25)13-21(17)12-19-8-10-20(11-9-19)22(14-27)15-28-3/h8-11,13-15,23,27-28H,4-7,12,16H2,1-3H3/b22-15+,27-14?. The number of hydrogen-bond acceptors (Lipinski definition) is 3. The van der Waals surface area contributed by atoms with Gasteiger partial charge < -0.3 is 15.6 Å². The maximum atomic E-state index is 13.2. The van der Waals surface area contributed by atoms with E-state index in [0.29, 0.717) is 6.04 Å². The van der Waals surface area contributed by atoms with Crippen LogP contribution in [-0.2, 0) is 13.0 Å². The van der Waals surface area contributed by atoms with Crippen molar-refractivity contribution in [2.45, 2.75) is 58.5 Å². The van der Waals surface area contributed by atoms with E-state index in [2.05, 4.69) is 54.4 Å². The molecular formula is C26H31N3O. The largest absolute Gasteiger partial charge is 0.393 e. The van der Waals surface area contributed by atoms with Gasteiger partial charge in [0.2, 0.25) is 0 Å². The second kappa shape index (κ2) is 8.47. The summed E-state index contributed by atoms with van der Waals surface area (Å²) in [5, 5.41) is 10.6. The van der Waals surface area contributed by atoms with Crippen LogP contribution in [0.25, 0.3) is 5.57 Å². The topological polar surface area (TPSA) is 56.2 Å². The predicted octanol–water partition coefficient (Wildman–Crippen LogP) is 5.00. The first kappa shape index (κ1) is 20.4. The number of fused-ring (bicyclic) bond motifs is 1. The summed E-state index contributed by atoms with van der Waals surface area (Å²) >= 11 is 0. The molecule has 1 aliphatic heterocycles. The number of hydrogen-bond donors (Lipinski definition) is 2. The number of amides is 1. The summed E-state index contributed by atoms with van der Waals surface area (Å²) in [6.07, 6.45) is 8.79. The van der Waals surface area contributed by atoms with Crippen LogP contribution in [-0.4, -0.2) is 30.1 Å². The molecule has 156 valence electrons. The molecule has 4 nitrogen and oxygen atoms in total. The maximum absolute atomic E-state index is 13.2. The fourth-order valence-corrected chi connectivity index (χ4v) is 4.92. The van der Waals surface area contributed by atoms with Crippen LogP contribution in [0.4, 0.5) is 0 Å². The van der Waals surface area contributed by atoms with E-state index in [9.17, 15) is 4.79 Å². The number of nitrogens with one attached hydrogen (secondary N) is 2. The Morgan fingerprint density at radius 1 is 1.17 bits per heavy atom. The highest BCUT2D eigenvalue weighted by molar-refractivity contribution is 6.08. The van der Waals surface area contributed by atoms with E-state index in [0.717, 1.165) is 42.5 Å². The predicted molar refractivity (Wildman–Crippen MR) is 123 cm³/mol. The quantitative estimate of drug-likeness (QED) is 0.669. The van der Waals surface area contributed by atoms with Crippen LogP contribution in [0.5, 0.6) is 0 Å². The molecule has 4 heteroatoms. The third-order valence-corrected chi connectivity index (χ3v) is 6.86. The van der Waals surface area contributed by atoms with Crippen molar-refractivity contribution in [1.82, 2.24) is 10.2 Å². The Hall–Kier alpha value is -2.88. The lowest BCUT2D eigenvalue weighted by atomic mass is 9.91. The third-order valence-electron chi connectivity index (χ3n) is 6.86. The summed E-state index contributed by atoms with van der Waals surface area (Å²) in [6, 6.07) is 10.9. The van der Waals surface area contributed by atoms with Crippen molar-refractivity contribution in [2.75, 3.05) is 7.05 Å². The number of benzene rings is 2. The Labute approximate surface area is 179 Å². The van der Waals surface area contributed by atoms with Crippen LogP contribution in [0.2, 0.25) is 0 Å². The van der Waals surface area contributed by atoms with Gasteiger partial charge in [0.25, 0.3) is 5.91 Å². The maximum Gasteiger partial charge on any atom is 0.254 e. The molecule has 0 saturated heterocycles. The van der Waals surface area contributed by atoms with Crippen LogP contribution >= 0.6 is 0 Å². The molecule has 30 heavy (non-hydrogen) atoms. The average Bonchev–Trinajstić information content (AvgIpc) is 3.39. The van der Waals surface area contributed by atoms with E-state index in [1.807, 2.05) is 13.2 Å². The van der Waals surface area contributed by atoms with E-state index in [1.54, 1.807) is 0 Å². The molecule has 1 aliphatic carbocycles. The highest BCUT2D eigenvalue weighted by Crippen LogP contribution is 2.35. The minimum Gasteiger partial charge on any atom is -0.393 e. The van der Waals surface area contributed by atoms with E-state index < -0.39 is 0 Å². The van der Waals surface area contributed by atoms with Gasteiger partial charge >= 0.3 is 0 Å². The Bertz CT molecular complexity index is 998. The molecule has 0 bridgehead atoms. The summed E-state index contributed by atoms with van der Waals surface area (Å²) in [5.74, 6) is 0.226. The number of nitrogens with zero attached hydrogens (tertiary/aromatic N) is 1. The van der Waals surface area contributed by atoms with Crippen LogP contribution in [0.1, 0.15) is 69.4 Å². The minimum absolute atomic E-state index is 0.226. The molecule has 0 radical (unpaired) electrons. The van der Waals surface area contributed by atoms with Gasteiger partial charge in [0.1, 0.15) is 0 Å². The molecule has 2 aromatic carbocycles. The Balaban J connectivity index is 1.59. The van der Waals surface area contributed by atoms with E-state index in [-0.39, 0.29) is 5.91 Å². The summed E-state index contributed by atoms with van der Waals surface area (Å²) in [5.41, 5.74) is 9.05. The lowest BCUT2D eigenvalue weighted by molar-refractivity contribution is 0.0707. The van der Waals surface area contributed by atoms with Gasteiger partial charge in [0, 0.05) is 43.2 Å². The zero-order valence-electron chi connectivity index (χ0n) is 18.2. The van der Waals surface area contributed by atoms with Crippen molar-refractivity contribution >= 4 is 17.7 Å². The molecule has 2 aromatic rings. The normalized spacial score (nSPS) is 16.8. The fourth-order valence-electron chi connectivity index (χ4n) is 4.92. The van der Waals surface area contributed by atoms with Crippen molar-refractivity contribution < 1.29 is 4.79 Å². The summed E-state index contributed by atoms with van der Waals surface area (Å²) in [4.78, 5) is 15.3. The smallest absolute Gasteiger partial charge is 0.254 e. The molecule has 0 aromatic heterocycles. The third kappa shape index (κ3) is 3.67. The summed E-state index contributed by atoms with van der Waals surface area (Å²) in [6.45, 7) is 5.14. The molecule has 1 amide bonds. The molecular weight excluding hydrogens is 370 g/mol. The van der Waals surface area contributed by atoms with E-state index in [4.69, 9.17) is 5.41 Å². The zero-order valence-corrected chi connectivity index (χ0v) is 18.2. The number of carbonyl (C=O) groups is 1. The molecule has 1 fully saturated rings. The van der Waals surface area contributed by atoms with Crippen molar-refractivity contribution in [3.63, 3.8) is 0 Å². The first-order valence-electron chi connectivity index (χ1n) is 10.9. The molecule has 2 N–H and O–H groups in total. The lowest BCUT2D eigenvalue weighted by Gasteiger charge is -2.23. The average molecular weight is 402 g/mol. The Kier molecular flexibility index (Phi) is 5.76. The van der Waals surface area contributed by atoms with Crippen LogP contribution in [0.3, 0.4) is 0 Å². The van der Waals surface area contributed by atoms with E-state index >= 15 is 0 Å². The minimum atomic E-state index is 0.226. The molecule has 0 spiro atoms. The van der Waals surface area contributed by atoms with E-state index in [1.165, 1.54) is 46.9 Å². The molecule has 4 rings (SSSR count). The van der Waals surface area contributed by atoms with Crippen LogP contribution < -0.4 is 5.32 Å². The monoisotopic (exact) mass is 401 g/mol. The molecule has 1 heterocycles. The number of rotatable bonds is 6. The van der Waals surface area contributed by atoms with Gasteiger partial charge in [0.05, 0.1) is 0 Å². The van der Waals surface area contributed by atoms with Gasteiger partial charge in [-0.2, -0.15) is 0 Å². The van der Waals surface area contributed by atoms with Crippen molar-refractivity contribution in [3.05, 3.63) is 75.5 Å². The van der Waals surface area contributed by atoms with Crippen LogP contribution in [0, 0.1) is 19.3 Å². The van der Waals surface area contributed by atoms with Crippen LogP contribution in [0.15, 0.2) is 36.5 Å². The Morgan fingerprint density at radius 3 is 2.50 bits per heavy atom. The zero-order chi connectivity index (χ0) is 21.3. The number of allylic oxidation sites excluding steroid dienone is 1. The van der Waals surface area contributed by atoms with Gasteiger partial charge in [-0.05, 0) is 72.6 Å². The van der Waals surface area contributed by atoms with Crippen molar-refractivity contribution in [2.24, 2.45) is 0 Å². The highest BCUT2D eigenvalue weighted by atomic mass is 16.2. The van der Waals surface area contributed by atoms with Gasteiger partial charge in [-0.25, -0.2) is 0 Å². The first-order chi connectivity index (χ1) is 14.5. The second-order valence-corrected chi connectivity index (χ2v) is 8.59. The lowest BCUT2D eigenvalue weighted by Crippen LogP contribution is -2.33. The van der Waals surface area contributed by atoms with Gasteiger partial charge in [-0.15, -0.1) is 0 Å².